The third-order valence-corrected chi connectivity index (χ3v) is 4.90. The van der Waals surface area contributed by atoms with Gasteiger partial charge < -0.3 is 4.90 Å². The van der Waals surface area contributed by atoms with Crippen LogP contribution in [0.1, 0.15) is 23.9 Å². The van der Waals surface area contributed by atoms with Crippen LogP contribution in [0.5, 0.6) is 0 Å². The van der Waals surface area contributed by atoms with Gasteiger partial charge in [0.05, 0.1) is 5.25 Å². The predicted molar refractivity (Wildman–Crippen MR) is 104 cm³/mol. The molecule has 5 nitrogen and oxygen atoms in total. The number of hydrogen-bond donors (Lipinski definition) is 1. The molecule has 6 heteroatoms. The van der Waals surface area contributed by atoms with Gasteiger partial charge in [0.25, 0.3) is 0 Å². The fourth-order valence-electron chi connectivity index (χ4n) is 2.66. The third-order valence-electron chi connectivity index (χ3n) is 3.95. The third kappa shape index (κ3) is 4.95. The number of benzene rings is 2. The summed E-state index contributed by atoms with van der Waals surface area (Å²) < 4.78 is 0. The Balaban J connectivity index is 1.75. The van der Waals surface area contributed by atoms with E-state index in [2.05, 4.69) is 15.2 Å². The van der Waals surface area contributed by atoms with E-state index < -0.39 is 0 Å². The molecule has 0 aliphatic rings. The van der Waals surface area contributed by atoms with Crippen molar-refractivity contribution in [2.45, 2.75) is 37.3 Å². The highest BCUT2D eigenvalue weighted by Gasteiger charge is 2.23. The van der Waals surface area contributed by atoms with Crippen LogP contribution >= 0.6 is 11.8 Å². The number of H-pyrrole nitrogens is 1. The van der Waals surface area contributed by atoms with E-state index in [1.54, 1.807) is 0 Å². The van der Waals surface area contributed by atoms with Gasteiger partial charge in [-0.25, -0.2) is 4.98 Å². The monoisotopic (exact) mass is 366 g/mol. The Labute approximate surface area is 157 Å². The molecule has 1 heterocycles. The Kier molecular flexibility index (Phi) is 6.07. The quantitative estimate of drug-likeness (QED) is 0.646. The summed E-state index contributed by atoms with van der Waals surface area (Å²) in [5, 5.41) is 7.27. The van der Waals surface area contributed by atoms with Crippen molar-refractivity contribution in [1.82, 2.24) is 20.1 Å². The molecule has 0 saturated carbocycles. The minimum absolute atomic E-state index is 0.0742. The van der Waals surface area contributed by atoms with Gasteiger partial charge in [0.1, 0.15) is 5.82 Å². The zero-order chi connectivity index (χ0) is 18.4. The molecule has 0 saturated heterocycles. The molecule has 0 aliphatic carbocycles. The maximum absolute atomic E-state index is 13.1. The number of aromatic nitrogens is 3. The minimum atomic E-state index is -0.266. The van der Waals surface area contributed by atoms with E-state index in [0.29, 0.717) is 18.2 Å². The van der Waals surface area contributed by atoms with Crippen LogP contribution in [0.4, 0.5) is 0 Å². The number of thioether (sulfide) groups is 1. The first-order valence-electron chi connectivity index (χ1n) is 8.54. The normalized spacial score (nSPS) is 11.9. The number of hydrogen-bond acceptors (Lipinski definition) is 4. The maximum Gasteiger partial charge on any atom is 0.236 e. The Hall–Kier alpha value is -2.60. The van der Waals surface area contributed by atoms with Crippen molar-refractivity contribution >= 4 is 17.7 Å². The number of aromatic amines is 1. The molecular weight excluding hydrogens is 344 g/mol. The molecule has 1 atom stereocenters. The van der Waals surface area contributed by atoms with Gasteiger partial charge in [0.15, 0.2) is 0 Å². The Morgan fingerprint density at radius 2 is 1.58 bits per heavy atom. The number of carbonyl (C=O) groups is 1. The average Bonchev–Trinajstić information content (AvgIpc) is 3.07. The second-order valence-corrected chi connectivity index (χ2v) is 7.44. The second kappa shape index (κ2) is 8.67. The highest BCUT2D eigenvalue weighted by atomic mass is 32.2. The molecule has 134 valence electrons. The lowest BCUT2D eigenvalue weighted by Gasteiger charge is -2.25. The lowest BCUT2D eigenvalue weighted by molar-refractivity contribution is -0.131. The van der Waals surface area contributed by atoms with Crippen LogP contribution in [-0.4, -0.2) is 31.2 Å². The molecule has 0 aliphatic heterocycles. The van der Waals surface area contributed by atoms with Gasteiger partial charge in [-0.05, 0) is 25.0 Å². The lowest BCUT2D eigenvalue weighted by atomic mass is 10.1. The summed E-state index contributed by atoms with van der Waals surface area (Å²) in [6, 6.07) is 20.1. The molecular formula is C20H22N4OS. The van der Waals surface area contributed by atoms with Crippen molar-refractivity contribution in [2.75, 3.05) is 0 Å². The number of nitrogens with zero attached hydrogens (tertiary/aromatic N) is 3. The first-order valence-corrected chi connectivity index (χ1v) is 9.42. The number of rotatable bonds is 7. The summed E-state index contributed by atoms with van der Waals surface area (Å²) in [6.45, 7) is 4.90. The first-order chi connectivity index (χ1) is 12.6. The van der Waals surface area contributed by atoms with Crippen molar-refractivity contribution in [3.8, 4) is 0 Å². The maximum atomic E-state index is 13.1. The predicted octanol–water partition coefficient (Wildman–Crippen LogP) is 3.82. The SMILES string of the molecule is Cc1nc(S[C@H](C)C(=O)N(Cc2ccccc2)Cc2ccccc2)n[nH]1. The van der Waals surface area contributed by atoms with Crippen LogP contribution in [-0.2, 0) is 17.9 Å². The van der Waals surface area contributed by atoms with Gasteiger partial charge in [0.2, 0.25) is 11.1 Å². The second-order valence-electron chi connectivity index (χ2n) is 6.13. The van der Waals surface area contributed by atoms with E-state index in [-0.39, 0.29) is 11.2 Å². The van der Waals surface area contributed by atoms with Crippen LogP contribution in [0, 0.1) is 6.92 Å². The largest absolute Gasteiger partial charge is 0.333 e. The molecule has 2 aromatic carbocycles. The molecule has 26 heavy (non-hydrogen) atoms. The average molecular weight is 366 g/mol. The summed E-state index contributed by atoms with van der Waals surface area (Å²) in [5.41, 5.74) is 2.23. The Morgan fingerprint density at radius 1 is 1.04 bits per heavy atom. The summed E-state index contributed by atoms with van der Waals surface area (Å²) in [5.74, 6) is 0.822. The molecule has 0 bridgehead atoms. The van der Waals surface area contributed by atoms with E-state index in [9.17, 15) is 4.79 Å². The molecule has 1 aromatic heterocycles. The molecule has 3 aromatic rings. The molecule has 3 rings (SSSR count). The number of amides is 1. The Bertz CT molecular complexity index is 794. The van der Waals surface area contributed by atoms with Gasteiger partial charge in [-0.1, -0.05) is 72.4 Å². The van der Waals surface area contributed by atoms with Gasteiger partial charge in [-0.2, -0.15) is 0 Å². The summed E-state index contributed by atoms with van der Waals surface area (Å²) in [6.07, 6.45) is 0. The zero-order valence-corrected chi connectivity index (χ0v) is 15.7. The fourth-order valence-corrected chi connectivity index (χ4v) is 3.51. The summed E-state index contributed by atoms with van der Waals surface area (Å²) >= 11 is 1.38. The lowest BCUT2D eigenvalue weighted by Crippen LogP contribution is -2.35. The first kappa shape index (κ1) is 18.2. The summed E-state index contributed by atoms with van der Waals surface area (Å²) in [4.78, 5) is 19.3. The van der Waals surface area contributed by atoms with Crippen LogP contribution in [0.15, 0.2) is 65.8 Å². The molecule has 0 radical (unpaired) electrons. The van der Waals surface area contributed by atoms with Gasteiger partial charge in [0, 0.05) is 13.1 Å². The topological polar surface area (TPSA) is 61.9 Å². The van der Waals surface area contributed by atoms with Crippen molar-refractivity contribution in [3.63, 3.8) is 0 Å². The van der Waals surface area contributed by atoms with Gasteiger partial charge in [-0.3, -0.25) is 9.89 Å². The van der Waals surface area contributed by atoms with E-state index in [1.165, 1.54) is 11.8 Å². The van der Waals surface area contributed by atoms with Gasteiger partial charge in [-0.15, -0.1) is 5.10 Å². The van der Waals surface area contributed by atoms with Crippen LogP contribution in [0.25, 0.3) is 0 Å². The van der Waals surface area contributed by atoms with Crippen LogP contribution < -0.4 is 0 Å². The van der Waals surface area contributed by atoms with Crippen molar-refractivity contribution in [3.05, 3.63) is 77.6 Å². The number of carbonyl (C=O) groups excluding carboxylic acids is 1. The molecule has 1 amide bonds. The van der Waals surface area contributed by atoms with Crippen LogP contribution in [0.2, 0.25) is 0 Å². The highest BCUT2D eigenvalue weighted by Crippen LogP contribution is 2.22. The fraction of sp³-hybridized carbons (Fsp3) is 0.250. The van der Waals surface area contributed by atoms with Gasteiger partial charge >= 0.3 is 0 Å². The van der Waals surface area contributed by atoms with E-state index in [0.717, 1.165) is 17.0 Å². The molecule has 0 fully saturated rings. The van der Waals surface area contributed by atoms with Crippen LogP contribution in [0.3, 0.4) is 0 Å². The highest BCUT2D eigenvalue weighted by molar-refractivity contribution is 8.00. The molecule has 0 unspecified atom stereocenters. The number of aryl methyl sites for hydroxylation is 1. The minimum Gasteiger partial charge on any atom is -0.333 e. The van der Waals surface area contributed by atoms with E-state index in [4.69, 9.17) is 0 Å². The Morgan fingerprint density at radius 3 is 2.04 bits per heavy atom. The van der Waals surface area contributed by atoms with E-state index in [1.807, 2.05) is 79.4 Å². The summed E-state index contributed by atoms with van der Waals surface area (Å²) in [7, 11) is 0. The van der Waals surface area contributed by atoms with E-state index >= 15 is 0 Å². The number of nitrogens with one attached hydrogen (secondary N) is 1. The van der Waals surface area contributed by atoms with Crippen molar-refractivity contribution < 1.29 is 4.79 Å². The smallest absolute Gasteiger partial charge is 0.236 e. The van der Waals surface area contributed by atoms with Crippen molar-refractivity contribution in [2.24, 2.45) is 0 Å². The standard InChI is InChI=1S/C20H22N4OS/c1-15(26-20-21-16(2)22-23-20)19(25)24(13-17-9-5-3-6-10-17)14-18-11-7-4-8-12-18/h3-12,15H,13-14H2,1-2H3,(H,21,22,23)/t15-/m1/s1. The van der Waals surface area contributed by atoms with Crippen molar-refractivity contribution in [1.29, 1.82) is 0 Å². The molecule has 1 N–H and O–H groups in total. The molecule has 0 spiro atoms. The zero-order valence-electron chi connectivity index (χ0n) is 14.9.